The van der Waals surface area contributed by atoms with Gasteiger partial charge < -0.3 is 14.2 Å². The maximum atomic E-state index is 13.0. The van der Waals surface area contributed by atoms with Crippen molar-refractivity contribution in [3.63, 3.8) is 0 Å². The van der Waals surface area contributed by atoms with E-state index in [9.17, 15) is 4.79 Å². The highest BCUT2D eigenvalue weighted by Gasteiger charge is 2.50. The first-order valence-corrected chi connectivity index (χ1v) is 11.0. The van der Waals surface area contributed by atoms with Crippen molar-refractivity contribution >= 4 is 16.9 Å². The molecule has 4 rings (SSSR count). The van der Waals surface area contributed by atoms with Gasteiger partial charge in [0.1, 0.15) is 5.82 Å². The normalized spacial score (nSPS) is 22.8. The van der Waals surface area contributed by atoms with E-state index in [1.807, 2.05) is 4.90 Å². The Hall–Kier alpha value is -1.92. The van der Waals surface area contributed by atoms with Crippen LogP contribution in [0.15, 0.2) is 24.3 Å². The molecule has 1 aromatic heterocycles. The molecule has 0 radical (unpaired) electrons. The summed E-state index contributed by atoms with van der Waals surface area (Å²) in [5.41, 5.74) is 2.10. The molecule has 1 amide bonds. The second-order valence-corrected chi connectivity index (χ2v) is 9.13. The summed E-state index contributed by atoms with van der Waals surface area (Å²) >= 11 is 0. The van der Waals surface area contributed by atoms with Gasteiger partial charge in [0.25, 0.3) is 0 Å². The quantitative estimate of drug-likeness (QED) is 0.685. The molecule has 0 bridgehead atoms. The Bertz CT molecular complexity index is 862. The fraction of sp³-hybridized carbons (Fsp3) is 0.652. The molecule has 2 aliphatic heterocycles. The van der Waals surface area contributed by atoms with Crippen molar-refractivity contribution in [1.82, 2.24) is 19.4 Å². The minimum absolute atomic E-state index is 0.192. The summed E-state index contributed by atoms with van der Waals surface area (Å²) < 4.78 is 7.56. The molecule has 0 saturated carbocycles. The number of methoxy groups -OCH3 is 1. The molecular weight excluding hydrogens is 364 g/mol. The number of carbonyl (C=O) groups is 1. The Morgan fingerprint density at radius 3 is 2.76 bits per heavy atom. The minimum atomic E-state index is -0.192. The van der Waals surface area contributed by atoms with E-state index in [1.54, 1.807) is 7.11 Å². The number of aryl methyl sites for hydroxylation is 1. The third kappa shape index (κ3) is 4.05. The highest BCUT2D eigenvalue weighted by molar-refractivity contribution is 5.85. The minimum Gasteiger partial charge on any atom is -0.383 e. The summed E-state index contributed by atoms with van der Waals surface area (Å²) in [5.74, 6) is 2.12. The van der Waals surface area contributed by atoms with Crippen LogP contribution < -0.4 is 0 Å². The zero-order valence-electron chi connectivity index (χ0n) is 18.1. The van der Waals surface area contributed by atoms with Crippen molar-refractivity contribution in [2.45, 2.75) is 46.2 Å². The van der Waals surface area contributed by atoms with E-state index >= 15 is 0 Å². The molecule has 6 heteroatoms. The Balaban J connectivity index is 1.48. The predicted molar refractivity (Wildman–Crippen MR) is 115 cm³/mol. The van der Waals surface area contributed by atoms with E-state index in [-0.39, 0.29) is 5.41 Å². The predicted octanol–water partition coefficient (Wildman–Crippen LogP) is 3.15. The van der Waals surface area contributed by atoms with Gasteiger partial charge >= 0.3 is 0 Å². The van der Waals surface area contributed by atoms with Crippen molar-refractivity contribution in [3.8, 4) is 0 Å². The number of rotatable bonds is 8. The largest absolute Gasteiger partial charge is 0.383 e. The fourth-order valence-corrected chi connectivity index (χ4v) is 4.86. The van der Waals surface area contributed by atoms with Crippen LogP contribution in [0.1, 0.15) is 38.9 Å². The van der Waals surface area contributed by atoms with Gasteiger partial charge in [-0.15, -0.1) is 0 Å². The van der Waals surface area contributed by atoms with E-state index < -0.39 is 0 Å². The average Bonchev–Trinajstić information content (AvgIpc) is 3.36. The molecule has 1 spiro atoms. The van der Waals surface area contributed by atoms with Gasteiger partial charge in [-0.05, 0) is 43.9 Å². The van der Waals surface area contributed by atoms with Crippen LogP contribution >= 0.6 is 0 Å². The average molecular weight is 399 g/mol. The number of para-hydroxylation sites is 2. The molecule has 2 aliphatic rings. The summed E-state index contributed by atoms with van der Waals surface area (Å²) in [6.45, 7) is 10.4. The van der Waals surface area contributed by atoms with Gasteiger partial charge in [-0.25, -0.2) is 4.98 Å². The lowest BCUT2D eigenvalue weighted by atomic mass is 9.85. The number of hydrogen-bond donors (Lipinski definition) is 0. The zero-order valence-corrected chi connectivity index (χ0v) is 18.1. The number of imidazole rings is 1. The fourth-order valence-electron chi connectivity index (χ4n) is 4.86. The number of aromatic nitrogens is 2. The van der Waals surface area contributed by atoms with Crippen LogP contribution in [0.2, 0.25) is 0 Å². The molecule has 1 unspecified atom stereocenters. The van der Waals surface area contributed by atoms with Gasteiger partial charge in [-0.2, -0.15) is 0 Å². The number of carbonyl (C=O) groups excluding carboxylic acids is 1. The topological polar surface area (TPSA) is 50.6 Å². The molecule has 0 aliphatic carbocycles. The van der Waals surface area contributed by atoms with Gasteiger partial charge in [-0.3, -0.25) is 9.69 Å². The Morgan fingerprint density at radius 2 is 1.97 bits per heavy atom. The number of nitrogens with zero attached hydrogens (tertiary/aromatic N) is 4. The zero-order chi connectivity index (χ0) is 20.4. The molecule has 6 nitrogen and oxygen atoms in total. The van der Waals surface area contributed by atoms with Gasteiger partial charge in [0.15, 0.2) is 0 Å². The second kappa shape index (κ2) is 8.44. The standard InChI is InChI=1S/C23H34N4O2/c1-18(2)8-11-27-20-7-5-4-6-19(20)24-21(27)16-25-12-9-23(17-25)10-13-26(22(23)28)14-15-29-3/h4-7,18H,8-17H2,1-3H3. The van der Waals surface area contributed by atoms with Crippen molar-refractivity contribution in [2.24, 2.45) is 11.3 Å². The smallest absolute Gasteiger partial charge is 0.230 e. The van der Waals surface area contributed by atoms with E-state index in [4.69, 9.17) is 9.72 Å². The maximum absolute atomic E-state index is 13.0. The first-order chi connectivity index (χ1) is 14.0. The Labute approximate surface area is 173 Å². The van der Waals surface area contributed by atoms with Crippen LogP contribution in [0.3, 0.4) is 0 Å². The summed E-state index contributed by atoms with van der Waals surface area (Å²) in [4.78, 5) is 22.4. The van der Waals surface area contributed by atoms with Gasteiger partial charge in [0.05, 0.1) is 29.6 Å². The van der Waals surface area contributed by atoms with Crippen molar-refractivity contribution in [1.29, 1.82) is 0 Å². The molecular formula is C23H34N4O2. The summed E-state index contributed by atoms with van der Waals surface area (Å²) in [6, 6.07) is 8.43. The van der Waals surface area contributed by atoms with E-state index in [1.165, 1.54) is 5.52 Å². The van der Waals surface area contributed by atoms with E-state index in [0.717, 1.165) is 63.3 Å². The molecule has 158 valence electrons. The third-order valence-electron chi connectivity index (χ3n) is 6.63. The highest BCUT2D eigenvalue weighted by Crippen LogP contribution is 2.41. The van der Waals surface area contributed by atoms with Crippen molar-refractivity contribution < 1.29 is 9.53 Å². The van der Waals surface area contributed by atoms with Crippen molar-refractivity contribution in [3.05, 3.63) is 30.1 Å². The number of fused-ring (bicyclic) bond motifs is 1. The van der Waals surface area contributed by atoms with Gasteiger partial charge in [-0.1, -0.05) is 26.0 Å². The molecule has 29 heavy (non-hydrogen) atoms. The molecule has 2 fully saturated rings. The van der Waals surface area contributed by atoms with Crippen LogP contribution in [0.25, 0.3) is 11.0 Å². The Kier molecular flexibility index (Phi) is 5.93. The number of likely N-dealkylation sites (tertiary alicyclic amines) is 2. The molecule has 1 aromatic carbocycles. The summed E-state index contributed by atoms with van der Waals surface area (Å²) in [7, 11) is 1.69. The summed E-state index contributed by atoms with van der Waals surface area (Å²) in [5, 5.41) is 0. The highest BCUT2D eigenvalue weighted by atomic mass is 16.5. The van der Waals surface area contributed by atoms with Crippen LogP contribution in [-0.2, 0) is 22.6 Å². The molecule has 0 N–H and O–H groups in total. The van der Waals surface area contributed by atoms with Crippen molar-refractivity contribution in [2.75, 3.05) is 39.9 Å². The Morgan fingerprint density at radius 1 is 1.17 bits per heavy atom. The lowest BCUT2D eigenvalue weighted by Gasteiger charge is -2.23. The lowest BCUT2D eigenvalue weighted by molar-refractivity contribution is -0.136. The molecule has 1 atom stereocenters. The van der Waals surface area contributed by atoms with Gasteiger partial charge in [0.2, 0.25) is 5.91 Å². The molecule has 3 heterocycles. The van der Waals surface area contributed by atoms with Crippen LogP contribution in [0.4, 0.5) is 0 Å². The number of amides is 1. The monoisotopic (exact) mass is 398 g/mol. The second-order valence-electron chi connectivity index (χ2n) is 9.13. The van der Waals surface area contributed by atoms with Gasteiger partial charge in [0, 0.05) is 33.3 Å². The lowest BCUT2D eigenvalue weighted by Crippen LogP contribution is -2.38. The van der Waals surface area contributed by atoms with E-state index in [2.05, 4.69) is 47.6 Å². The number of benzene rings is 1. The van der Waals surface area contributed by atoms with Crippen LogP contribution in [0.5, 0.6) is 0 Å². The first-order valence-electron chi connectivity index (χ1n) is 11.0. The first kappa shape index (κ1) is 20.4. The maximum Gasteiger partial charge on any atom is 0.230 e. The number of ether oxygens (including phenoxy) is 1. The van der Waals surface area contributed by atoms with Crippen LogP contribution in [-0.4, -0.2) is 65.2 Å². The number of hydrogen-bond acceptors (Lipinski definition) is 4. The van der Waals surface area contributed by atoms with E-state index in [0.29, 0.717) is 25.0 Å². The third-order valence-corrected chi connectivity index (χ3v) is 6.63. The van der Waals surface area contributed by atoms with Crippen LogP contribution in [0, 0.1) is 11.3 Å². The summed E-state index contributed by atoms with van der Waals surface area (Å²) in [6.07, 6.45) is 3.07. The molecule has 2 aromatic rings. The SMILES string of the molecule is COCCN1CCC2(CCN(Cc3nc4ccccc4n3CCC(C)C)C2)C1=O. The molecule has 2 saturated heterocycles.